The largest absolute Gasteiger partial charge is 0.330 e. The van der Waals surface area contributed by atoms with Gasteiger partial charge in [0, 0.05) is 24.9 Å². The van der Waals surface area contributed by atoms with Gasteiger partial charge in [0.2, 0.25) is 0 Å². The maximum Gasteiger partial charge on any atom is 0.143 e. The zero-order chi connectivity index (χ0) is 12.3. The van der Waals surface area contributed by atoms with Crippen LogP contribution in [0.5, 0.6) is 0 Å². The van der Waals surface area contributed by atoms with Crippen LogP contribution in [0.3, 0.4) is 0 Å². The van der Waals surface area contributed by atoms with Gasteiger partial charge in [0.05, 0.1) is 5.56 Å². The van der Waals surface area contributed by atoms with E-state index in [1.54, 1.807) is 18.3 Å². The first-order chi connectivity index (χ1) is 8.27. The summed E-state index contributed by atoms with van der Waals surface area (Å²) in [5, 5.41) is 0. The van der Waals surface area contributed by atoms with E-state index < -0.39 is 0 Å². The number of benzene rings is 1. The van der Waals surface area contributed by atoms with Crippen molar-refractivity contribution in [1.82, 2.24) is 9.55 Å². The summed E-state index contributed by atoms with van der Waals surface area (Å²) in [4.78, 5) is 4.30. The molecule has 0 aliphatic carbocycles. The molecule has 2 N–H and O–H groups in total. The molecule has 1 heterocycles. The fourth-order valence-corrected chi connectivity index (χ4v) is 1.97. The van der Waals surface area contributed by atoms with Gasteiger partial charge in [-0.2, -0.15) is 0 Å². The molecule has 90 valence electrons. The molecule has 0 saturated heterocycles. The Morgan fingerprint density at radius 2 is 2.12 bits per heavy atom. The number of nitrogens with two attached hydrogens (primary N) is 1. The van der Waals surface area contributed by atoms with Crippen LogP contribution in [0.4, 0.5) is 4.39 Å². The van der Waals surface area contributed by atoms with Gasteiger partial charge in [-0.3, -0.25) is 0 Å². The Morgan fingerprint density at radius 3 is 2.76 bits per heavy atom. The quantitative estimate of drug-likeness (QED) is 0.879. The lowest BCUT2D eigenvalue weighted by Gasteiger charge is -2.09. The molecule has 0 unspecified atom stereocenters. The number of hydrogen-bond acceptors (Lipinski definition) is 2. The summed E-state index contributed by atoms with van der Waals surface area (Å²) < 4.78 is 15.7. The van der Waals surface area contributed by atoms with Crippen molar-refractivity contribution in [3.05, 3.63) is 42.0 Å². The van der Waals surface area contributed by atoms with Crippen molar-refractivity contribution in [2.45, 2.75) is 19.9 Å². The minimum absolute atomic E-state index is 0.243. The van der Waals surface area contributed by atoms with Crippen LogP contribution in [0, 0.1) is 5.82 Å². The smallest absolute Gasteiger partial charge is 0.143 e. The van der Waals surface area contributed by atoms with E-state index in [1.165, 1.54) is 6.07 Å². The number of imidazole rings is 1. The minimum Gasteiger partial charge on any atom is -0.330 e. The van der Waals surface area contributed by atoms with E-state index >= 15 is 0 Å². The number of aromatic nitrogens is 2. The molecule has 1 aromatic carbocycles. The van der Waals surface area contributed by atoms with Crippen molar-refractivity contribution >= 4 is 0 Å². The minimum atomic E-state index is -0.243. The molecule has 0 amide bonds. The summed E-state index contributed by atoms with van der Waals surface area (Å²) >= 11 is 0. The molecule has 0 aliphatic rings. The Labute approximate surface area is 100 Å². The Bertz CT molecular complexity index is 505. The maximum absolute atomic E-state index is 13.7. The second-order valence-corrected chi connectivity index (χ2v) is 3.84. The van der Waals surface area contributed by atoms with Gasteiger partial charge < -0.3 is 10.3 Å². The first kappa shape index (κ1) is 11.8. The average molecular weight is 233 g/mol. The van der Waals surface area contributed by atoms with Gasteiger partial charge in [0.25, 0.3) is 0 Å². The zero-order valence-electron chi connectivity index (χ0n) is 9.86. The number of rotatable bonds is 4. The summed E-state index contributed by atoms with van der Waals surface area (Å²) in [6, 6.07) is 6.69. The maximum atomic E-state index is 13.7. The standard InChI is InChI=1S/C13H16FN3/c1-2-17-10(7-8-15)9-16-13(17)11-5-3-4-6-12(11)14/h3-6,9H,2,7-8,15H2,1H3. The van der Waals surface area contributed by atoms with Crippen LogP contribution in [-0.4, -0.2) is 16.1 Å². The summed E-state index contributed by atoms with van der Waals surface area (Å²) in [7, 11) is 0. The van der Waals surface area contributed by atoms with Crippen molar-refractivity contribution in [2.75, 3.05) is 6.54 Å². The summed E-state index contributed by atoms with van der Waals surface area (Å²) in [6.45, 7) is 3.35. The molecule has 1 aromatic heterocycles. The molecule has 0 saturated carbocycles. The summed E-state index contributed by atoms with van der Waals surface area (Å²) in [6.07, 6.45) is 2.54. The van der Waals surface area contributed by atoms with Gasteiger partial charge in [-0.1, -0.05) is 12.1 Å². The third kappa shape index (κ3) is 2.22. The first-order valence-electron chi connectivity index (χ1n) is 5.77. The van der Waals surface area contributed by atoms with Crippen molar-refractivity contribution in [3.63, 3.8) is 0 Å². The number of hydrogen-bond donors (Lipinski definition) is 1. The molecule has 0 atom stereocenters. The molecule has 2 aromatic rings. The molecule has 0 spiro atoms. The van der Waals surface area contributed by atoms with E-state index in [9.17, 15) is 4.39 Å². The summed E-state index contributed by atoms with van der Waals surface area (Å²) in [5.74, 6) is 0.432. The predicted octanol–water partition coefficient (Wildman–Crippen LogP) is 2.21. The van der Waals surface area contributed by atoms with Gasteiger partial charge >= 0.3 is 0 Å². The highest BCUT2D eigenvalue weighted by Gasteiger charge is 2.13. The van der Waals surface area contributed by atoms with Gasteiger partial charge in [-0.25, -0.2) is 9.37 Å². The lowest BCUT2D eigenvalue weighted by molar-refractivity contribution is 0.626. The van der Waals surface area contributed by atoms with E-state index in [4.69, 9.17) is 5.73 Å². The Morgan fingerprint density at radius 1 is 1.35 bits per heavy atom. The highest BCUT2D eigenvalue weighted by Crippen LogP contribution is 2.22. The fraction of sp³-hybridized carbons (Fsp3) is 0.308. The second-order valence-electron chi connectivity index (χ2n) is 3.84. The normalized spacial score (nSPS) is 10.8. The van der Waals surface area contributed by atoms with Crippen molar-refractivity contribution in [2.24, 2.45) is 5.73 Å². The van der Waals surface area contributed by atoms with E-state index in [0.717, 1.165) is 18.7 Å². The van der Waals surface area contributed by atoms with Gasteiger partial charge in [0.1, 0.15) is 11.6 Å². The van der Waals surface area contributed by atoms with Gasteiger partial charge in [-0.15, -0.1) is 0 Å². The molecular formula is C13H16FN3. The molecule has 0 bridgehead atoms. The number of nitrogens with zero attached hydrogens (tertiary/aromatic N) is 2. The highest BCUT2D eigenvalue weighted by molar-refractivity contribution is 5.57. The van der Waals surface area contributed by atoms with Crippen molar-refractivity contribution < 1.29 is 4.39 Å². The van der Waals surface area contributed by atoms with Gasteiger partial charge in [-0.05, 0) is 25.6 Å². The average Bonchev–Trinajstić information content (AvgIpc) is 2.73. The molecule has 17 heavy (non-hydrogen) atoms. The van der Waals surface area contributed by atoms with Gasteiger partial charge in [0.15, 0.2) is 0 Å². The topological polar surface area (TPSA) is 43.8 Å². The fourth-order valence-electron chi connectivity index (χ4n) is 1.97. The van der Waals surface area contributed by atoms with E-state index in [-0.39, 0.29) is 5.82 Å². The van der Waals surface area contributed by atoms with E-state index in [1.807, 2.05) is 17.6 Å². The predicted molar refractivity (Wildman–Crippen MR) is 66.1 cm³/mol. The molecule has 0 aliphatic heterocycles. The SMILES string of the molecule is CCn1c(CCN)cnc1-c1ccccc1F. The molecule has 0 radical (unpaired) electrons. The Balaban J connectivity index is 2.49. The molecule has 0 fully saturated rings. The van der Waals surface area contributed by atoms with Crippen LogP contribution in [0.1, 0.15) is 12.6 Å². The molecule has 3 nitrogen and oxygen atoms in total. The van der Waals surface area contributed by atoms with Crippen LogP contribution < -0.4 is 5.73 Å². The van der Waals surface area contributed by atoms with Crippen LogP contribution in [-0.2, 0) is 13.0 Å². The monoisotopic (exact) mass is 233 g/mol. The highest BCUT2D eigenvalue weighted by atomic mass is 19.1. The van der Waals surface area contributed by atoms with Crippen LogP contribution >= 0.6 is 0 Å². The van der Waals surface area contributed by atoms with Crippen molar-refractivity contribution in [3.8, 4) is 11.4 Å². The second kappa shape index (κ2) is 5.10. The van der Waals surface area contributed by atoms with Crippen LogP contribution in [0.2, 0.25) is 0 Å². The lowest BCUT2D eigenvalue weighted by atomic mass is 10.2. The molecule has 4 heteroatoms. The van der Waals surface area contributed by atoms with Crippen LogP contribution in [0.25, 0.3) is 11.4 Å². The first-order valence-corrected chi connectivity index (χ1v) is 5.77. The van der Waals surface area contributed by atoms with E-state index in [0.29, 0.717) is 17.9 Å². The third-order valence-corrected chi connectivity index (χ3v) is 2.77. The zero-order valence-corrected chi connectivity index (χ0v) is 9.86. The molecule has 2 rings (SSSR count). The molecular weight excluding hydrogens is 217 g/mol. The third-order valence-electron chi connectivity index (χ3n) is 2.77. The van der Waals surface area contributed by atoms with Crippen molar-refractivity contribution in [1.29, 1.82) is 0 Å². The number of halogens is 1. The Kier molecular flexibility index (Phi) is 3.54. The lowest BCUT2D eigenvalue weighted by Crippen LogP contribution is -2.09. The van der Waals surface area contributed by atoms with E-state index in [2.05, 4.69) is 4.98 Å². The Hall–Kier alpha value is -1.68. The van der Waals surface area contributed by atoms with Crippen LogP contribution in [0.15, 0.2) is 30.5 Å². The summed E-state index contributed by atoms with van der Waals surface area (Å²) in [5.41, 5.74) is 7.14.